The molecule has 0 radical (unpaired) electrons. The number of hydrogen-bond donors (Lipinski definition) is 1. The summed E-state index contributed by atoms with van der Waals surface area (Å²) in [5.41, 5.74) is 4.77. The van der Waals surface area contributed by atoms with E-state index in [9.17, 15) is 4.79 Å². The molecule has 0 bridgehead atoms. The Balaban J connectivity index is 1.58. The van der Waals surface area contributed by atoms with Gasteiger partial charge in [0.05, 0.1) is 12.7 Å². The second-order valence-corrected chi connectivity index (χ2v) is 8.96. The van der Waals surface area contributed by atoms with Gasteiger partial charge in [0, 0.05) is 11.3 Å². The molecule has 1 heterocycles. The Hall–Kier alpha value is -4.64. The first-order chi connectivity index (χ1) is 18.1. The van der Waals surface area contributed by atoms with E-state index >= 15 is 0 Å². The third kappa shape index (κ3) is 5.31. The third-order valence-electron chi connectivity index (χ3n) is 6.58. The number of carbonyl (C=O) groups excluding carboxylic acids is 1. The number of nitrogens with zero attached hydrogens (tertiary/aromatic N) is 2. The lowest BCUT2D eigenvalue weighted by molar-refractivity contribution is -0.557. The molecule has 1 atom stereocenters. The van der Waals surface area contributed by atoms with Gasteiger partial charge in [-0.1, -0.05) is 85.4 Å². The highest BCUT2D eigenvalue weighted by Crippen LogP contribution is 2.27. The van der Waals surface area contributed by atoms with Crippen molar-refractivity contribution in [1.29, 1.82) is 0 Å². The smallest absolute Gasteiger partial charge is 0.285 e. The zero-order valence-corrected chi connectivity index (χ0v) is 20.9. The predicted octanol–water partition coefficient (Wildman–Crippen LogP) is 5.65. The molecule has 0 aromatic heterocycles. The van der Waals surface area contributed by atoms with Crippen molar-refractivity contribution >= 4 is 23.1 Å². The fourth-order valence-electron chi connectivity index (χ4n) is 4.68. The first-order valence-corrected chi connectivity index (χ1v) is 12.3. The first-order valence-electron chi connectivity index (χ1n) is 12.3. The van der Waals surface area contributed by atoms with Gasteiger partial charge in [-0.15, -0.1) is 0 Å². The molecule has 0 fully saturated rings. The predicted molar refractivity (Wildman–Crippen MR) is 149 cm³/mol. The van der Waals surface area contributed by atoms with Crippen LogP contribution in [0.4, 0.5) is 5.69 Å². The lowest BCUT2D eigenvalue weighted by atomic mass is 10.1. The second kappa shape index (κ2) is 11.0. The van der Waals surface area contributed by atoms with E-state index in [1.807, 2.05) is 78.9 Å². The standard InChI is InChI=1S/C32H29N3O2/c1-24(26-14-8-4-9-15-26)34-23-30(31(36)33-28-18-20-29(37-2)21-19-28)35(22-25-12-6-3-7-13-25)32(34)27-16-10-5-11-17-27/h3-21,30H,1,22-23H2,2H3/p+1/t30-/m1/s1. The molecular formula is C32H30N3O2+. The summed E-state index contributed by atoms with van der Waals surface area (Å²) >= 11 is 0. The molecule has 0 saturated carbocycles. The number of hydrogen-bond acceptors (Lipinski definition) is 3. The van der Waals surface area contributed by atoms with Crippen molar-refractivity contribution in [2.24, 2.45) is 0 Å². The Labute approximate surface area is 218 Å². The average molecular weight is 489 g/mol. The minimum Gasteiger partial charge on any atom is -0.497 e. The fourth-order valence-corrected chi connectivity index (χ4v) is 4.68. The summed E-state index contributed by atoms with van der Waals surface area (Å²) in [6.07, 6.45) is 0. The molecule has 184 valence electrons. The van der Waals surface area contributed by atoms with Crippen LogP contribution in [0.25, 0.3) is 5.70 Å². The fraction of sp³-hybridized carbons (Fsp3) is 0.125. The number of rotatable bonds is 8. The lowest BCUT2D eigenvalue weighted by Gasteiger charge is -2.16. The summed E-state index contributed by atoms with van der Waals surface area (Å²) in [4.78, 5) is 16.0. The van der Waals surface area contributed by atoms with Crippen LogP contribution in [-0.4, -0.2) is 40.9 Å². The largest absolute Gasteiger partial charge is 0.497 e. The van der Waals surface area contributed by atoms with Crippen molar-refractivity contribution in [1.82, 2.24) is 4.90 Å². The van der Waals surface area contributed by atoms with Gasteiger partial charge < -0.3 is 10.1 Å². The minimum absolute atomic E-state index is 0.0714. The molecule has 5 heteroatoms. The molecule has 4 aromatic rings. The van der Waals surface area contributed by atoms with Crippen molar-refractivity contribution in [3.63, 3.8) is 0 Å². The van der Waals surface area contributed by atoms with Crippen molar-refractivity contribution in [3.05, 3.63) is 139 Å². The Kier molecular flexibility index (Phi) is 7.13. The van der Waals surface area contributed by atoms with E-state index in [0.717, 1.165) is 39.7 Å². The molecule has 1 N–H and O–H groups in total. The molecule has 4 aromatic carbocycles. The van der Waals surface area contributed by atoms with E-state index in [-0.39, 0.29) is 5.91 Å². The number of carbonyl (C=O) groups is 1. The zero-order chi connectivity index (χ0) is 25.6. The van der Waals surface area contributed by atoms with Gasteiger partial charge in [0.1, 0.15) is 24.5 Å². The number of methoxy groups -OCH3 is 1. The quantitative estimate of drug-likeness (QED) is 0.326. The van der Waals surface area contributed by atoms with Gasteiger partial charge >= 0.3 is 0 Å². The van der Waals surface area contributed by atoms with Gasteiger partial charge in [0.2, 0.25) is 6.04 Å². The van der Waals surface area contributed by atoms with E-state index in [2.05, 4.69) is 57.8 Å². The van der Waals surface area contributed by atoms with Crippen molar-refractivity contribution < 1.29 is 14.1 Å². The van der Waals surface area contributed by atoms with Crippen LogP contribution in [-0.2, 0) is 11.3 Å². The van der Waals surface area contributed by atoms with Crippen LogP contribution in [0.3, 0.4) is 0 Å². The van der Waals surface area contributed by atoms with Gasteiger partial charge in [-0.05, 0) is 42.0 Å². The summed E-state index contributed by atoms with van der Waals surface area (Å²) in [5.74, 6) is 1.64. The summed E-state index contributed by atoms with van der Waals surface area (Å²) in [6, 6.07) is 37.6. The molecule has 37 heavy (non-hydrogen) atoms. The van der Waals surface area contributed by atoms with E-state index in [1.165, 1.54) is 0 Å². The Bertz CT molecular complexity index is 1400. The van der Waals surface area contributed by atoms with Crippen LogP contribution in [0.2, 0.25) is 0 Å². The van der Waals surface area contributed by atoms with Gasteiger partial charge in [-0.3, -0.25) is 4.79 Å². The Morgan fingerprint density at radius 2 is 1.49 bits per heavy atom. The number of ether oxygens (including phenoxy) is 1. The van der Waals surface area contributed by atoms with E-state index in [1.54, 1.807) is 7.11 Å². The molecule has 1 aliphatic rings. The second-order valence-electron chi connectivity index (χ2n) is 8.96. The van der Waals surface area contributed by atoms with Crippen molar-refractivity contribution in [2.45, 2.75) is 12.6 Å². The summed E-state index contributed by atoms with van der Waals surface area (Å²) in [6.45, 7) is 5.52. The zero-order valence-electron chi connectivity index (χ0n) is 20.9. The molecule has 1 aliphatic heterocycles. The number of benzene rings is 4. The molecule has 0 saturated heterocycles. The maximum absolute atomic E-state index is 13.8. The van der Waals surface area contributed by atoms with Crippen LogP contribution in [0, 0.1) is 0 Å². The Morgan fingerprint density at radius 1 is 0.892 bits per heavy atom. The van der Waals surface area contributed by atoms with Crippen LogP contribution in [0.5, 0.6) is 5.75 Å². The number of amides is 1. The molecule has 5 rings (SSSR count). The number of anilines is 1. The first kappa shape index (κ1) is 24.1. The molecule has 1 amide bonds. The third-order valence-corrected chi connectivity index (χ3v) is 6.58. The topological polar surface area (TPSA) is 44.6 Å². The number of amidine groups is 1. The number of nitrogens with one attached hydrogen (secondary N) is 1. The molecule has 0 spiro atoms. The Morgan fingerprint density at radius 3 is 2.11 bits per heavy atom. The maximum atomic E-state index is 13.8. The average Bonchev–Trinajstić information content (AvgIpc) is 3.33. The normalized spacial score (nSPS) is 14.9. The van der Waals surface area contributed by atoms with E-state index in [4.69, 9.17) is 4.74 Å². The monoisotopic (exact) mass is 488 g/mol. The van der Waals surface area contributed by atoms with Crippen LogP contribution in [0.1, 0.15) is 16.7 Å². The highest BCUT2D eigenvalue weighted by molar-refractivity contribution is 6.04. The summed E-state index contributed by atoms with van der Waals surface area (Å²) < 4.78 is 7.45. The minimum atomic E-state index is -0.432. The lowest BCUT2D eigenvalue weighted by Crippen LogP contribution is -2.38. The summed E-state index contributed by atoms with van der Waals surface area (Å²) in [5, 5.41) is 3.12. The van der Waals surface area contributed by atoms with Gasteiger partial charge in [-0.25, -0.2) is 9.48 Å². The van der Waals surface area contributed by atoms with Crippen molar-refractivity contribution in [3.8, 4) is 5.75 Å². The van der Waals surface area contributed by atoms with Gasteiger partial charge in [0.25, 0.3) is 11.7 Å². The van der Waals surface area contributed by atoms with E-state index in [0.29, 0.717) is 13.1 Å². The van der Waals surface area contributed by atoms with Gasteiger partial charge in [-0.2, -0.15) is 0 Å². The molecule has 0 aliphatic carbocycles. The molecule has 5 nitrogen and oxygen atoms in total. The SMILES string of the molecule is C=C(c1ccccc1)N1C[C@H](C(=O)Nc2ccc(OC)cc2)[N+](Cc2ccccc2)=C1c1ccccc1. The maximum Gasteiger partial charge on any atom is 0.285 e. The highest BCUT2D eigenvalue weighted by atomic mass is 16.5. The van der Waals surface area contributed by atoms with Crippen LogP contribution in [0.15, 0.2) is 122 Å². The highest BCUT2D eigenvalue weighted by Gasteiger charge is 2.45. The van der Waals surface area contributed by atoms with E-state index < -0.39 is 6.04 Å². The summed E-state index contributed by atoms with van der Waals surface area (Å²) in [7, 11) is 1.63. The van der Waals surface area contributed by atoms with Crippen LogP contribution < -0.4 is 10.1 Å². The molecular weight excluding hydrogens is 458 g/mol. The van der Waals surface area contributed by atoms with Crippen LogP contribution >= 0.6 is 0 Å². The molecule has 0 unspecified atom stereocenters. The van der Waals surface area contributed by atoms with Gasteiger partial charge in [0.15, 0.2) is 0 Å². The van der Waals surface area contributed by atoms with Crippen molar-refractivity contribution in [2.75, 3.05) is 19.0 Å².